The van der Waals surface area contributed by atoms with Gasteiger partial charge in [-0.25, -0.2) is 9.97 Å². The van der Waals surface area contributed by atoms with Gasteiger partial charge in [0.25, 0.3) is 5.56 Å². The molecule has 0 saturated carbocycles. The number of H-pyrrole nitrogens is 1. The summed E-state index contributed by atoms with van der Waals surface area (Å²) >= 11 is 13.9. The van der Waals surface area contributed by atoms with Crippen molar-refractivity contribution in [3.8, 4) is 34.5 Å². The van der Waals surface area contributed by atoms with Crippen molar-refractivity contribution in [1.82, 2.24) is 15.0 Å². The van der Waals surface area contributed by atoms with E-state index >= 15 is 0 Å². The minimum Gasteiger partial charge on any atom is -0.477 e. The molecule has 0 aliphatic rings. The Morgan fingerprint density at radius 3 is 2.45 bits per heavy atom. The fourth-order valence-electron chi connectivity index (χ4n) is 3.74. The van der Waals surface area contributed by atoms with Crippen molar-refractivity contribution in [3.63, 3.8) is 0 Å². The lowest BCUT2D eigenvalue weighted by atomic mass is 9.98. The first-order chi connectivity index (χ1) is 16.0. The summed E-state index contributed by atoms with van der Waals surface area (Å²) in [5.41, 5.74) is 2.21. The van der Waals surface area contributed by atoms with E-state index in [0.29, 0.717) is 48.2 Å². The molecule has 5 rings (SSSR count). The Morgan fingerprint density at radius 1 is 1.06 bits per heavy atom. The number of pyridine rings is 1. The number of nitrogens with one attached hydrogen (secondary N) is 1. The predicted molar refractivity (Wildman–Crippen MR) is 132 cm³/mol. The van der Waals surface area contributed by atoms with Crippen molar-refractivity contribution in [2.45, 2.75) is 6.92 Å². The van der Waals surface area contributed by atoms with E-state index in [2.05, 4.69) is 16.0 Å². The van der Waals surface area contributed by atoms with Crippen LogP contribution in [0.2, 0.25) is 10.0 Å². The van der Waals surface area contributed by atoms with Gasteiger partial charge in [0.2, 0.25) is 5.88 Å². The van der Waals surface area contributed by atoms with Crippen LogP contribution in [0.15, 0.2) is 53.3 Å². The molecule has 0 atom stereocenters. The molecule has 0 unspecified atom stereocenters. The molecule has 33 heavy (non-hydrogen) atoms. The quantitative estimate of drug-likeness (QED) is 0.311. The number of fused-ring (bicyclic) bond motifs is 3. The largest absolute Gasteiger partial charge is 0.477 e. The predicted octanol–water partition coefficient (Wildman–Crippen LogP) is 6.44. The number of aromatic nitrogens is 3. The molecule has 0 fully saturated rings. The Kier molecular flexibility index (Phi) is 5.51. The average molecular weight is 493 g/mol. The maximum Gasteiger partial charge on any atom is 0.269 e. The van der Waals surface area contributed by atoms with Crippen LogP contribution in [0.3, 0.4) is 0 Å². The molecule has 0 saturated heterocycles. The first-order valence-electron chi connectivity index (χ1n) is 9.96. The highest BCUT2D eigenvalue weighted by Crippen LogP contribution is 2.42. The lowest BCUT2D eigenvalue weighted by Crippen LogP contribution is -2.08. The minimum absolute atomic E-state index is 0.226. The highest BCUT2D eigenvalue weighted by atomic mass is 35.5. The Morgan fingerprint density at radius 2 is 1.79 bits per heavy atom. The molecule has 0 bridgehead atoms. The first kappa shape index (κ1) is 21.4. The number of nitrogens with zero attached hydrogens (tertiary/aromatic N) is 3. The number of hydrogen-bond donors (Lipinski definition) is 1. The van der Waals surface area contributed by atoms with Gasteiger partial charge in [0.15, 0.2) is 0 Å². The van der Waals surface area contributed by atoms with Crippen molar-refractivity contribution in [3.05, 3.63) is 74.5 Å². The van der Waals surface area contributed by atoms with Crippen LogP contribution < -0.4 is 10.3 Å². The van der Waals surface area contributed by atoms with E-state index in [-0.39, 0.29) is 22.8 Å². The van der Waals surface area contributed by atoms with Crippen LogP contribution in [-0.4, -0.2) is 21.6 Å². The van der Waals surface area contributed by atoms with Gasteiger partial charge < -0.3 is 9.72 Å². The molecule has 9 heteroatoms. The zero-order chi connectivity index (χ0) is 23.1. The fourth-order valence-corrected chi connectivity index (χ4v) is 5.33. The van der Waals surface area contributed by atoms with Crippen LogP contribution in [0, 0.1) is 11.3 Å². The smallest absolute Gasteiger partial charge is 0.269 e. The first-order valence-corrected chi connectivity index (χ1v) is 11.5. The van der Waals surface area contributed by atoms with E-state index in [4.69, 9.17) is 32.9 Å². The number of rotatable bonds is 4. The summed E-state index contributed by atoms with van der Waals surface area (Å²) in [6.07, 6.45) is 0. The molecule has 5 aromatic rings. The van der Waals surface area contributed by atoms with Gasteiger partial charge >= 0.3 is 0 Å². The van der Waals surface area contributed by atoms with Gasteiger partial charge in [0.05, 0.1) is 27.7 Å². The molecule has 2 aromatic carbocycles. The van der Waals surface area contributed by atoms with Gasteiger partial charge in [-0.15, -0.1) is 11.3 Å². The van der Waals surface area contributed by atoms with Gasteiger partial charge in [0.1, 0.15) is 27.0 Å². The van der Waals surface area contributed by atoms with E-state index in [0.717, 1.165) is 5.56 Å². The number of benzene rings is 2. The number of halogens is 2. The van der Waals surface area contributed by atoms with Crippen molar-refractivity contribution in [2.75, 3.05) is 6.61 Å². The third-order valence-corrected chi connectivity index (χ3v) is 6.80. The van der Waals surface area contributed by atoms with E-state index < -0.39 is 0 Å². The van der Waals surface area contributed by atoms with Crippen LogP contribution >= 0.6 is 34.5 Å². The molecule has 0 radical (unpaired) electrons. The van der Waals surface area contributed by atoms with Crippen molar-refractivity contribution in [2.24, 2.45) is 0 Å². The number of thiophene rings is 1. The highest BCUT2D eigenvalue weighted by Gasteiger charge is 2.24. The molecule has 6 nitrogen and oxygen atoms in total. The molecule has 0 spiro atoms. The number of ether oxygens (including phenoxy) is 1. The van der Waals surface area contributed by atoms with Crippen LogP contribution in [-0.2, 0) is 0 Å². The zero-order valence-electron chi connectivity index (χ0n) is 17.1. The maximum atomic E-state index is 13.1. The van der Waals surface area contributed by atoms with E-state index in [1.54, 1.807) is 18.2 Å². The lowest BCUT2D eigenvalue weighted by molar-refractivity contribution is 0.327. The summed E-state index contributed by atoms with van der Waals surface area (Å²) < 4.78 is 6.07. The third kappa shape index (κ3) is 3.53. The number of aromatic amines is 1. The number of nitriles is 1. The fraction of sp³-hybridized carbons (Fsp3) is 0.0833. The van der Waals surface area contributed by atoms with Gasteiger partial charge in [-0.1, -0.05) is 59.6 Å². The number of hydrogen-bond acceptors (Lipinski definition) is 6. The Bertz CT molecular complexity index is 1620. The topological polar surface area (TPSA) is 91.7 Å². The molecule has 0 amide bonds. The van der Waals surface area contributed by atoms with Crippen LogP contribution in [0.4, 0.5) is 0 Å². The monoisotopic (exact) mass is 492 g/mol. The van der Waals surface area contributed by atoms with Crippen molar-refractivity contribution in [1.29, 1.82) is 5.26 Å². The van der Waals surface area contributed by atoms with E-state index in [1.807, 2.05) is 37.3 Å². The van der Waals surface area contributed by atoms with Gasteiger partial charge in [0, 0.05) is 10.9 Å². The molecule has 0 aliphatic carbocycles. The highest BCUT2D eigenvalue weighted by molar-refractivity contribution is 7.25. The lowest BCUT2D eigenvalue weighted by Gasteiger charge is -2.11. The summed E-state index contributed by atoms with van der Waals surface area (Å²) in [5.74, 6) is 0.470. The van der Waals surface area contributed by atoms with Crippen LogP contribution in [0.1, 0.15) is 12.5 Å². The molecule has 0 aliphatic heterocycles. The summed E-state index contributed by atoms with van der Waals surface area (Å²) in [7, 11) is 0. The summed E-state index contributed by atoms with van der Waals surface area (Å²) in [6, 6.07) is 16.8. The van der Waals surface area contributed by atoms with Crippen LogP contribution in [0.25, 0.3) is 42.9 Å². The Labute approximate surface area is 202 Å². The van der Waals surface area contributed by atoms with Crippen LogP contribution in [0.5, 0.6) is 5.88 Å². The molecular weight excluding hydrogens is 479 g/mol. The minimum atomic E-state index is -0.343. The Hall–Kier alpha value is -3.44. The molecule has 3 heterocycles. The summed E-state index contributed by atoms with van der Waals surface area (Å²) in [5, 5.41) is 11.4. The second kappa shape index (κ2) is 8.49. The summed E-state index contributed by atoms with van der Waals surface area (Å²) in [4.78, 5) is 25.7. The second-order valence-corrected chi connectivity index (χ2v) is 8.86. The van der Waals surface area contributed by atoms with Crippen molar-refractivity contribution < 1.29 is 4.74 Å². The van der Waals surface area contributed by atoms with Gasteiger partial charge in [-0.05, 0) is 24.6 Å². The molecular formula is C24H14Cl2N4O2S. The van der Waals surface area contributed by atoms with Gasteiger partial charge in [-0.3, -0.25) is 4.79 Å². The Balaban J connectivity index is 1.96. The van der Waals surface area contributed by atoms with E-state index in [9.17, 15) is 10.1 Å². The normalized spacial score (nSPS) is 11.1. The molecule has 1 N–H and O–H groups in total. The zero-order valence-corrected chi connectivity index (χ0v) is 19.5. The SMILES string of the molecule is CCOc1nc2sc3c(=O)[nH]c(-c4c(Cl)cccc4Cl)nc3c2c(-c2ccccc2)c1C#N. The average Bonchev–Trinajstić information content (AvgIpc) is 3.17. The molecule has 162 valence electrons. The summed E-state index contributed by atoms with van der Waals surface area (Å²) in [6.45, 7) is 2.17. The third-order valence-electron chi connectivity index (χ3n) is 5.10. The standard InChI is InChI=1S/C24H14Cl2N4O2S/c1-2-32-23-13(11-27)16(12-7-4-3-5-8-12)18-19-20(33-24(18)30-23)22(31)29-21(28-19)17-14(25)9-6-10-15(17)26/h3-10H,2H2,1H3,(H,28,29,31). The molecule has 3 aromatic heterocycles. The van der Waals surface area contributed by atoms with E-state index in [1.165, 1.54) is 11.3 Å². The van der Waals surface area contributed by atoms with Gasteiger partial charge in [-0.2, -0.15) is 5.26 Å². The maximum absolute atomic E-state index is 13.1. The second-order valence-electron chi connectivity index (χ2n) is 7.05. The van der Waals surface area contributed by atoms with Crippen molar-refractivity contribution >= 4 is 55.0 Å².